The number of hydrogen-bond acceptors (Lipinski definition) is 3. The molecule has 0 aliphatic carbocycles. The number of rotatable bonds is 3. The molecular weight excluding hydrogens is 336 g/mol. The minimum atomic E-state index is -3.64. The predicted octanol–water partition coefficient (Wildman–Crippen LogP) is 2.75. The third kappa shape index (κ3) is 3.39. The summed E-state index contributed by atoms with van der Waals surface area (Å²) in [6, 6.07) is 4.56. The third-order valence-corrected chi connectivity index (χ3v) is 6.88. The zero-order valence-electron chi connectivity index (χ0n) is 13.0. The van der Waals surface area contributed by atoms with Crippen LogP contribution in [-0.4, -0.2) is 49.7 Å². The van der Waals surface area contributed by atoms with Crippen molar-refractivity contribution in [1.82, 2.24) is 9.21 Å². The fourth-order valence-corrected chi connectivity index (χ4v) is 5.20. The summed E-state index contributed by atoms with van der Waals surface area (Å²) in [5, 5.41) is 0.175. The van der Waals surface area contributed by atoms with Gasteiger partial charge in [0.05, 0.1) is 5.02 Å². The van der Waals surface area contributed by atoms with E-state index in [-0.39, 0.29) is 15.8 Å². The number of nitrogens with zero attached hydrogens (tertiary/aromatic N) is 2. The Morgan fingerprint density at radius 2 is 1.57 bits per heavy atom. The molecule has 0 N–H and O–H groups in total. The first-order chi connectivity index (χ1) is 11.0. The summed E-state index contributed by atoms with van der Waals surface area (Å²) in [6.07, 6.45) is 4.77. The minimum Gasteiger partial charge on any atom is -0.339 e. The molecular formula is C16H21ClN2O3S. The summed E-state index contributed by atoms with van der Waals surface area (Å²) >= 11 is 6.13. The molecule has 0 aromatic heterocycles. The Bertz CT molecular complexity index is 693. The number of amides is 1. The number of piperidine rings is 1. The van der Waals surface area contributed by atoms with Crippen molar-refractivity contribution in [1.29, 1.82) is 0 Å². The summed E-state index contributed by atoms with van der Waals surface area (Å²) in [5.41, 5.74) is 0.395. The van der Waals surface area contributed by atoms with E-state index in [1.807, 2.05) is 0 Å². The van der Waals surface area contributed by atoms with Gasteiger partial charge >= 0.3 is 0 Å². The molecule has 2 aliphatic heterocycles. The molecule has 1 amide bonds. The van der Waals surface area contributed by atoms with E-state index in [0.29, 0.717) is 18.7 Å². The van der Waals surface area contributed by atoms with Gasteiger partial charge in [-0.25, -0.2) is 8.42 Å². The van der Waals surface area contributed by atoms with E-state index in [4.69, 9.17) is 11.6 Å². The van der Waals surface area contributed by atoms with Gasteiger partial charge in [0.15, 0.2) is 0 Å². The second kappa shape index (κ2) is 6.79. The molecule has 0 atom stereocenters. The summed E-state index contributed by atoms with van der Waals surface area (Å²) < 4.78 is 27.1. The average Bonchev–Trinajstić information content (AvgIpc) is 3.10. The van der Waals surface area contributed by atoms with Gasteiger partial charge in [-0.1, -0.05) is 18.0 Å². The third-order valence-electron chi connectivity index (χ3n) is 4.50. The molecule has 0 saturated carbocycles. The van der Waals surface area contributed by atoms with Crippen LogP contribution in [0.3, 0.4) is 0 Å². The number of likely N-dealkylation sites (tertiary alicyclic amines) is 1. The lowest BCUT2D eigenvalue weighted by Crippen LogP contribution is -2.36. The van der Waals surface area contributed by atoms with Crippen LogP contribution in [0.2, 0.25) is 5.02 Å². The highest BCUT2D eigenvalue weighted by atomic mass is 35.5. The maximum atomic E-state index is 12.8. The molecule has 0 radical (unpaired) electrons. The fourth-order valence-electron chi connectivity index (χ4n) is 3.18. The Balaban J connectivity index is 1.92. The van der Waals surface area contributed by atoms with Gasteiger partial charge in [0, 0.05) is 31.7 Å². The highest BCUT2D eigenvalue weighted by Crippen LogP contribution is 2.28. The first kappa shape index (κ1) is 16.7. The quantitative estimate of drug-likeness (QED) is 0.836. The van der Waals surface area contributed by atoms with Gasteiger partial charge in [-0.2, -0.15) is 4.31 Å². The van der Waals surface area contributed by atoms with Crippen LogP contribution in [0, 0.1) is 0 Å². The van der Waals surface area contributed by atoms with E-state index in [2.05, 4.69) is 0 Å². The zero-order chi connectivity index (χ0) is 16.4. The van der Waals surface area contributed by atoms with E-state index in [9.17, 15) is 13.2 Å². The molecule has 5 nitrogen and oxygen atoms in total. The summed E-state index contributed by atoms with van der Waals surface area (Å²) in [6.45, 7) is 2.50. The molecule has 0 spiro atoms. The van der Waals surface area contributed by atoms with Crippen molar-refractivity contribution in [3.63, 3.8) is 0 Å². The van der Waals surface area contributed by atoms with E-state index < -0.39 is 10.0 Å². The molecule has 3 rings (SSSR count). The van der Waals surface area contributed by atoms with Crippen molar-refractivity contribution >= 4 is 27.5 Å². The van der Waals surface area contributed by atoms with Crippen molar-refractivity contribution in [2.75, 3.05) is 26.2 Å². The molecule has 126 valence electrons. The van der Waals surface area contributed by atoms with Gasteiger partial charge in [-0.05, 0) is 43.9 Å². The van der Waals surface area contributed by atoms with Gasteiger partial charge in [-0.3, -0.25) is 4.79 Å². The van der Waals surface area contributed by atoms with Crippen molar-refractivity contribution in [3.05, 3.63) is 28.8 Å². The Morgan fingerprint density at radius 3 is 2.22 bits per heavy atom. The van der Waals surface area contributed by atoms with Gasteiger partial charge in [0.1, 0.15) is 4.90 Å². The Labute approximate surface area is 142 Å². The van der Waals surface area contributed by atoms with Gasteiger partial charge < -0.3 is 4.90 Å². The van der Waals surface area contributed by atoms with Crippen LogP contribution in [-0.2, 0) is 10.0 Å². The normalized spacial score (nSPS) is 20.0. The molecule has 1 aromatic rings. The first-order valence-electron chi connectivity index (χ1n) is 8.09. The molecule has 2 aliphatic rings. The van der Waals surface area contributed by atoms with Crippen LogP contribution in [0.1, 0.15) is 42.5 Å². The molecule has 2 fully saturated rings. The highest BCUT2D eigenvalue weighted by molar-refractivity contribution is 7.89. The second-order valence-electron chi connectivity index (χ2n) is 6.11. The Morgan fingerprint density at radius 1 is 0.957 bits per heavy atom. The largest absolute Gasteiger partial charge is 0.339 e. The maximum Gasteiger partial charge on any atom is 0.253 e. The van der Waals surface area contributed by atoms with Crippen LogP contribution < -0.4 is 0 Å². The maximum absolute atomic E-state index is 12.8. The zero-order valence-corrected chi connectivity index (χ0v) is 14.6. The van der Waals surface area contributed by atoms with Crippen LogP contribution in [0.4, 0.5) is 0 Å². The van der Waals surface area contributed by atoms with Gasteiger partial charge in [0.25, 0.3) is 5.91 Å². The van der Waals surface area contributed by atoms with Crippen molar-refractivity contribution in [3.8, 4) is 0 Å². The predicted molar refractivity (Wildman–Crippen MR) is 89.2 cm³/mol. The van der Waals surface area contributed by atoms with Crippen LogP contribution in [0.25, 0.3) is 0 Å². The van der Waals surface area contributed by atoms with E-state index >= 15 is 0 Å². The van der Waals surface area contributed by atoms with E-state index in [0.717, 1.165) is 45.2 Å². The molecule has 2 heterocycles. The SMILES string of the molecule is O=C(c1ccc(Cl)c(S(=O)(=O)N2CCCCC2)c1)N1CCCC1. The molecule has 7 heteroatoms. The molecule has 23 heavy (non-hydrogen) atoms. The molecule has 0 bridgehead atoms. The van der Waals surface area contributed by atoms with E-state index in [1.54, 1.807) is 11.0 Å². The van der Waals surface area contributed by atoms with Crippen LogP contribution in [0.5, 0.6) is 0 Å². The first-order valence-corrected chi connectivity index (χ1v) is 9.91. The standard InChI is InChI=1S/C16H21ClN2O3S/c17-14-7-6-13(16(20)18-8-4-5-9-18)12-15(14)23(21,22)19-10-2-1-3-11-19/h6-7,12H,1-5,8-11H2. The lowest BCUT2D eigenvalue weighted by Gasteiger charge is -2.26. The van der Waals surface area contributed by atoms with Crippen molar-refractivity contribution in [2.45, 2.75) is 37.0 Å². The van der Waals surface area contributed by atoms with Crippen molar-refractivity contribution < 1.29 is 13.2 Å². The lowest BCUT2D eigenvalue weighted by atomic mass is 10.2. The Kier molecular flexibility index (Phi) is 4.94. The topological polar surface area (TPSA) is 57.7 Å². The monoisotopic (exact) mass is 356 g/mol. The number of hydrogen-bond donors (Lipinski definition) is 0. The molecule has 0 unspecified atom stereocenters. The Hall–Kier alpha value is -1.11. The highest BCUT2D eigenvalue weighted by Gasteiger charge is 2.29. The van der Waals surface area contributed by atoms with Gasteiger partial charge in [-0.15, -0.1) is 0 Å². The van der Waals surface area contributed by atoms with Gasteiger partial charge in [0.2, 0.25) is 10.0 Å². The number of sulfonamides is 1. The number of halogens is 1. The van der Waals surface area contributed by atoms with Crippen molar-refractivity contribution in [2.24, 2.45) is 0 Å². The average molecular weight is 357 g/mol. The summed E-state index contributed by atoms with van der Waals surface area (Å²) in [5.74, 6) is -0.116. The lowest BCUT2D eigenvalue weighted by molar-refractivity contribution is 0.0792. The number of carbonyl (C=O) groups is 1. The number of benzene rings is 1. The molecule has 2 saturated heterocycles. The van der Waals surface area contributed by atoms with Crippen LogP contribution in [0.15, 0.2) is 23.1 Å². The smallest absolute Gasteiger partial charge is 0.253 e. The number of carbonyl (C=O) groups excluding carboxylic acids is 1. The summed E-state index contributed by atoms with van der Waals surface area (Å²) in [4.78, 5) is 14.3. The van der Waals surface area contributed by atoms with E-state index in [1.165, 1.54) is 16.4 Å². The summed E-state index contributed by atoms with van der Waals surface area (Å²) in [7, 11) is -3.64. The molecule has 1 aromatic carbocycles. The second-order valence-corrected chi connectivity index (χ2v) is 8.42. The van der Waals surface area contributed by atoms with Crippen LogP contribution >= 0.6 is 11.6 Å². The fraction of sp³-hybridized carbons (Fsp3) is 0.562. The minimum absolute atomic E-state index is 0.0473.